The molecular formula is C11H12N4O. The zero-order valence-corrected chi connectivity index (χ0v) is 8.63. The molecule has 82 valence electrons. The summed E-state index contributed by atoms with van der Waals surface area (Å²) in [6.07, 6.45) is 4.95. The third kappa shape index (κ3) is 2.38. The molecular weight excluding hydrogens is 204 g/mol. The van der Waals surface area contributed by atoms with Gasteiger partial charge in [-0.15, -0.1) is 0 Å². The number of nitrogens with zero attached hydrogens (tertiary/aromatic N) is 2. The van der Waals surface area contributed by atoms with Gasteiger partial charge < -0.3 is 15.6 Å². The van der Waals surface area contributed by atoms with Crippen LogP contribution in [0.4, 0.5) is 11.4 Å². The normalized spacial score (nSPS) is 10.0. The van der Waals surface area contributed by atoms with Crippen molar-refractivity contribution < 1.29 is 4.79 Å². The highest BCUT2D eigenvalue weighted by molar-refractivity contribution is 5.93. The second-order valence-electron chi connectivity index (χ2n) is 3.37. The smallest absolute Gasteiger partial charge is 0.244 e. The van der Waals surface area contributed by atoms with Gasteiger partial charge in [-0.25, -0.2) is 4.98 Å². The van der Waals surface area contributed by atoms with Crippen LogP contribution in [0.15, 0.2) is 43.0 Å². The van der Waals surface area contributed by atoms with Gasteiger partial charge in [0.2, 0.25) is 5.91 Å². The number of benzene rings is 1. The maximum absolute atomic E-state index is 11.6. The molecule has 5 nitrogen and oxygen atoms in total. The number of aromatic nitrogens is 2. The molecule has 0 fully saturated rings. The average molecular weight is 216 g/mol. The zero-order chi connectivity index (χ0) is 11.4. The Kier molecular flexibility index (Phi) is 2.86. The van der Waals surface area contributed by atoms with Gasteiger partial charge in [-0.2, -0.15) is 0 Å². The number of hydrogen-bond acceptors (Lipinski definition) is 3. The third-order valence-electron chi connectivity index (χ3n) is 2.12. The molecule has 1 aromatic carbocycles. The van der Waals surface area contributed by atoms with E-state index in [9.17, 15) is 4.79 Å². The molecule has 0 radical (unpaired) electrons. The van der Waals surface area contributed by atoms with Gasteiger partial charge in [0.15, 0.2) is 0 Å². The molecule has 2 rings (SSSR count). The van der Waals surface area contributed by atoms with E-state index in [1.54, 1.807) is 35.4 Å². The maximum Gasteiger partial charge on any atom is 0.244 e. The monoisotopic (exact) mass is 216 g/mol. The molecule has 0 bridgehead atoms. The van der Waals surface area contributed by atoms with Crippen molar-refractivity contribution >= 4 is 17.3 Å². The van der Waals surface area contributed by atoms with Crippen LogP contribution in [0.3, 0.4) is 0 Å². The fourth-order valence-corrected chi connectivity index (χ4v) is 1.35. The van der Waals surface area contributed by atoms with Gasteiger partial charge in [0.05, 0.1) is 17.7 Å². The first kappa shape index (κ1) is 10.2. The lowest BCUT2D eigenvalue weighted by molar-refractivity contribution is -0.116. The van der Waals surface area contributed by atoms with Crippen molar-refractivity contribution in [2.75, 3.05) is 11.1 Å². The summed E-state index contributed by atoms with van der Waals surface area (Å²) in [5, 5.41) is 2.74. The van der Waals surface area contributed by atoms with Crippen LogP contribution in [-0.2, 0) is 11.3 Å². The Morgan fingerprint density at radius 1 is 1.44 bits per heavy atom. The minimum absolute atomic E-state index is 0.129. The van der Waals surface area contributed by atoms with Crippen LogP contribution in [-0.4, -0.2) is 15.5 Å². The molecule has 0 aliphatic rings. The molecule has 0 saturated carbocycles. The Morgan fingerprint density at radius 3 is 2.94 bits per heavy atom. The molecule has 0 unspecified atom stereocenters. The van der Waals surface area contributed by atoms with Crippen molar-refractivity contribution in [3.05, 3.63) is 43.0 Å². The van der Waals surface area contributed by atoms with Gasteiger partial charge in [0.1, 0.15) is 6.54 Å². The molecule has 0 aliphatic carbocycles. The lowest BCUT2D eigenvalue weighted by Crippen LogP contribution is -2.18. The van der Waals surface area contributed by atoms with Crippen LogP contribution in [0.1, 0.15) is 0 Å². The first-order chi connectivity index (χ1) is 7.75. The van der Waals surface area contributed by atoms with Crippen molar-refractivity contribution in [1.29, 1.82) is 0 Å². The summed E-state index contributed by atoms with van der Waals surface area (Å²) in [4.78, 5) is 15.5. The van der Waals surface area contributed by atoms with E-state index in [1.165, 1.54) is 0 Å². The summed E-state index contributed by atoms with van der Waals surface area (Å²) >= 11 is 0. The molecule has 3 N–H and O–H groups in total. The molecule has 1 heterocycles. The Morgan fingerprint density at radius 2 is 2.25 bits per heavy atom. The summed E-state index contributed by atoms with van der Waals surface area (Å²) in [7, 11) is 0. The highest BCUT2D eigenvalue weighted by Crippen LogP contribution is 2.16. The van der Waals surface area contributed by atoms with Crippen molar-refractivity contribution in [2.24, 2.45) is 0 Å². The Hall–Kier alpha value is -2.30. The number of carbonyl (C=O) groups excluding carboxylic acids is 1. The number of carbonyl (C=O) groups is 1. The predicted octanol–water partition coefficient (Wildman–Crippen LogP) is 1.10. The van der Waals surface area contributed by atoms with Crippen LogP contribution >= 0.6 is 0 Å². The Balaban J connectivity index is 2.00. The number of anilines is 2. The molecule has 1 amide bonds. The van der Waals surface area contributed by atoms with E-state index >= 15 is 0 Å². The highest BCUT2D eigenvalue weighted by atomic mass is 16.1. The summed E-state index contributed by atoms with van der Waals surface area (Å²) in [6.45, 7) is 0.230. The van der Waals surface area contributed by atoms with Crippen LogP contribution < -0.4 is 11.1 Å². The minimum Gasteiger partial charge on any atom is -0.397 e. The first-order valence-corrected chi connectivity index (χ1v) is 4.86. The van der Waals surface area contributed by atoms with Crippen molar-refractivity contribution in [3.63, 3.8) is 0 Å². The number of hydrogen-bond donors (Lipinski definition) is 2. The number of nitrogen functional groups attached to an aromatic ring is 1. The standard InChI is InChI=1S/C11H12N4O/c12-9-3-1-2-4-10(9)14-11(16)7-15-6-5-13-8-15/h1-6,8H,7,12H2,(H,14,16). The number of nitrogens with two attached hydrogens (primary N) is 1. The number of amides is 1. The van der Waals surface area contributed by atoms with Gasteiger partial charge in [-0.1, -0.05) is 12.1 Å². The molecule has 0 saturated heterocycles. The first-order valence-electron chi connectivity index (χ1n) is 4.86. The van der Waals surface area contributed by atoms with Crippen LogP contribution in [0, 0.1) is 0 Å². The van der Waals surface area contributed by atoms with Gasteiger partial charge in [-0.05, 0) is 12.1 Å². The van der Waals surface area contributed by atoms with Crippen LogP contribution in [0.5, 0.6) is 0 Å². The summed E-state index contributed by atoms with van der Waals surface area (Å²) in [5.74, 6) is -0.129. The van der Waals surface area contributed by atoms with E-state index in [-0.39, 0.29) is 12.5 Å². The van der Waals surface area contributed by atoms with Gasteiger partial charge >= 0.3 is 0 Å². The number of rotatable bonds is 3. The van der Waals surface area contributed by atoms with E-state index in [1.807, 2.05) is 12.1 Å². The Bertz CT molecular complexity index is 478. The second-order valence-corrected chi connectivity index (χ2v) is 3.37. The lowest BCUT2D eigenvalue weighted by Gasteiger charge is -2.07. The van der Waals surface area contributed by atoms with E-state index < -0.39 is 0 Å². The van der Waals surface area contributed by atoms with E-state index in [4.69, 9.17) is 5.73 Å². The van der Waals surface area contributed by atoms with E-state index in [2.05, 4.69) is 10.3 Å². The largest absolute Gasteiger partial charge is 0.397 e. The summed E-state index contributed by atoms with van der Waals surface area (Å²) in [6, 6.07) is 7.15. The zero-order valence-electron chi connectivity index (χ0n) is 8.63. The molecule has 0 aliphatic heterocycles. The Labute approximate surface area is 92.9 Å². The number of para-hydroxylation sites is 2. The van der Waals surface area contributed by atoms with Gasteiger partial charge in [0.25, 0.3) is 0 Å². The lowest BCUT2D eigenvalue weighted by atomic mass is 10.2. The van der Waals surface area contributed by atoms with Gasteiger partial charge in [-0.3, -0.25) is 4.79 Å². The summed E-state index contributed by atoms with van der Waals surface area (Å²) < 4.78 is 1.69. The molecule has 5 heteroatoms. The fraction of sp³-hybridized carbons (Fsp3) is 0.0909. The second kappa shape index (κ2) is 4.48. The SMILES string of the molecule is Nc1ccccc1NC(=O)Cn1ccnc1. The quantitative estimate of drug-likeness (QED) is 0.755. The molecule has 0 atom stereocenters. The molecule has 16 heavy (non-hydrogen) atoms. The molecule has 0 spiro atoms. The minimum atomic E-state index is -0.129. The molecule has 1 aromatic heterocycles. The highest BCUT2D eigenvalue weighted by Gasteiger charge is 2.04. The van der Waals surface area contributed by atoms with Crippen molar-refractivity contribution in [2.45, 2.75) is 6.54 Å². The van der Waals surface area contributed by atoms with Crippen LogP contribution in [0.2, 0.25) is 0 Å². The van der Waals surface area contributed by atoms with Crippen molar-refractivity contribution in [3.8, 4) is 0 Å². The topological polar surface area (TPSA) is 72.9 Å². The number of nitrogens with one attached hydrogen (secondary N) is 1. The maximum atomic E-state index is 11.6. The number of imidazole rings is 1. The fourth-order valence-electron chi connectivity index (χ4n) is 1.35. The average Bonchev–Trinajstić information content (AvgIpc) is 2.74. The van der Waals surface area contributed by atoms with Crippen LogP contribution in [0.25, 0.3) is 0 Å². The van der Waals surface area contributed by atoms with E-state index in [0.29, 0.717) is 11.4 Å². The summed E-state index contributed by atoms with van der Waals surface area (Å²) in [5.41, 5.74) is 6.90. The predicted molar refractivity (Wildman–Crippen MR) is 61.7 cm³/mol. The molecule has 2 aromatic rings. The van der Waals surface area contributed by atoms with Crippen molar-refractivity contribution in [1.82, 2.24) is 9.55 Å². The van der Waals surface area contributed by atoms with E-state index in [0.717, 1.165) is 0 Å². The van der Waals surface area contributed by atoms with Gasteiger partial charge in [0, 0.05) is 12.4 Å². The third-order valence-corrected chi connectivity index (χ3v) is 2.12.